The molecule has 10 heteroatoms. The van der Waals surface area contributed by atoms with E-state index in [9.17, 15) is 19.5 Å². The Balaban J connectivity index is 0.00000385. The molecule has 1 saturated heterocycles. The maximum absolute atomic E-state index is 13.2. The minimum absolute atomic E-state index is 0. The van der Waals surface area contributed by atoms with Crippen molar-refractivity contribution in [1.82, 2.24) is 10.2 Å². The summed E-state index contributed by atoms with van der Waals surface area (Å²) in [5, 5.41) is 14.5. The first kappa shape index (κ1) is 27.2. The summed E-state index contributed by atoms with van der Waals surface area (Å²) in [5.41, 5.74) is 1.09. The van der Waals surface area contributed by atoms with Crippen molar-refractivity contribution in [2.24, 2.45) is 0 Å². The minimum atomic E-state index is -1.06. The molecule has 7 nitrogen and oxygen atoms in total. The third kappa shape index (κ3) is 8.03. The Bertz CT molecular complexity index is 898. The van der Waals surface area contributed by atoms with Crippen molar-refractivity contribution in [2.75, 3.05) is 25.4 Å². The average molecular weight is 513 g/mol. The van der Waals surface area contributed by atoms with Gasteiger partial charge in [-0.1, -0.05) is 36.4 Å². The van der Waals surface area contributed by atoms with E-state index in [1.54, 1.807) is 30.0 Å². The Morgan fingerprint density at radius 1 is 1.24 bits per heavy atom. The van der Waals surface area contributed by atoms with Crippen LogP contribution in [-0.2, 0) is 25.5 Å². The Morgan fingerprint density at radius 3 is 2.64 bits per heavy atom. The Hall–Kier alpha value is -2.07. The molecule has 0 saturated carbocycles. The Labute approximate surface area is 208 Å². The molecule has 3 atom stereocenters. The average Bonchev–Trinajstić information content (AvgIpc) is 3.27. The predicted octanol–water partition coefficient (Wildman–Crippen LogP) is 3.39. The second kappa shape index (κ2) is 13.6. The molecule has 1 fully saturated rings. The number of nitrogens with zero attached hydrogens (tertiary/aromatic N) is 1. The number of hydrogen-bond acceptors (Lipinski definition) is 7. The lowest BCUT2D eigenvalue weighted by molar-refractivity contribution is -0.148. The van der Waals surface area contributed by atoms with E-state index in [4.69, 9.17) is 4.74 Å². The standard InChI is InChI=1S/C23H28N2O5S2.ClH/c1-2-30-23(29)17(11-10-16-7-4-3-5-8-16)24-18-15-32-20(19-9-6-12-31-19)13-25(22(18)28)14-21(26)27;/h3-9,12,17-18,20,24H,2,10-11,13-15H2,1H3,(H,26,27);1H/t17-,18-,20-;/m0./s1. The molecule has 0 aliphatic carbocycles. The van der Waals surface area contributed by atoms with Crippen LogP contribution in [0.3, 0.4) is 0 Å². The van der Waals surface area contributed by atoms with Crippen LogP contribution in [0.2, 0.25) is 0 Å². The van der Waals surface area contributed by atoms with Crippen LogP contribution in [0.1, 0.15) is 29.0 Å². The zero-order chi connectivity index (χ0) is 22.9. The van der Waals surface area contributed by atoms with Crippen LogP contribution in [0.25, 0.3) is 0 Å². The summed E-state index contributed by atoms with van der Waals surface area (Å²) in [6, 6.07) is 12.4. The number of benzene rings is 1. The number of halogens is 1. The summed E-state index contributed by atoms with van der Waals surface area (Å²) in [6.45, 7) is 1.95. The number of amides is 1. The minimum Gasteiger partial charge on any atom is -0.480 e. The van der Waals surface area contributed by atoms with Crippen LogP contribution in [0.4, 0.5) is 0 Å². The summed E-state index contributed by atoms with van der Waals surface area (Å²) >= 11 is 3.20. The van der Waals surface area contributed by atoms with Gasteiger partial charge in [0, 0.05) is 17.2 Å². The SMILES string of the molecule is CCOC(=O)[C@H](CCc1ccccc1)N[C@H]1CS[C@H](c2cccs2)CN(CC(=O)O)C1=O.Cl. The summed E-state index contributed by atoms with van der Waals surface area (Å²) in [4.78, 5) is 39.7. The van der Waals surface area contributed by atoms with Crippen molar-refractivity contribution < 1.29 is 24.2 Å². The molecule has 0 unspecified atom stereocenters. The van der Waals surface area contributed by atoms with Gasteiger partial charge in [0.15, 0.2) is 0 Å². The molecule has 1 aliphatic rings. The number of carbonyl (C=O) groups excluding carboxylic acids is 2. The lowest BCUT2D eigenvalue weighted by Gasteiger charge is -2.26. The van der Waals surface area contributed by atoms with Gasteiger partial charge in [-0.25, -0.2) is 0 Å². The van der Waals surface area contributed by atoms with Crippen molar-refractivity contribution in [3.63, 3.8) is 0 Å². The third-order valence-corrected chi connectivity index (χ3v) is 7.65. The molecule has 1 aromatic carbocycles. The molecule has 2 heterocycles. The van der Waals surface area contributed by atoms with Crippen LogP contribution in [0.5, 0.6) is 0 Å². The van der Waals surface area contributed by atoms with Gasteiger partial charge in [0.2, 0.25) is 5.91 Å². The van der Waals surface area contributed by atoms with Crippen LogP contribution >= 0.6 is 35.5 Å². The van der Waals surface area contributed by atoms with Gasteiger partial charge in [-0.15, -0.1) is 35.5 Å². The quantitative estimate of drug-likeness (QED) is 0.471. The first-order chi connectivity index (χ1) is 15.5. The number of carbonyl (C=O) groups is 3. The van der Waals surface area contributed by atoms with Crippen molar-refractivity contribution in [3.8, 4) is 0 Å². The zero-order valence-electron chi connectivity index (χ0n) is 18.3. The van der Waals surface area contributed by atoms with E-state index in [0.717, 1.165) is 10.4 Å². The van der Waals surface area contributed by atoms with E-state index in [-0.39, 0.29) is 36.7 Å². The van der Waals surface area contributed by atoms with Crippen molar-refractivity contribution in [2.45, 2.75) is 37.1 Å². The second-order valence-corrected chi connectivity index (χ2v) is 9.71. The van der Waals surface area contributed by atoms with Gasteiger partial charge in [0.1, 0.15) is 12.6 Å². The third-order valence-electron chi connectivity index (χ3n) is 5.18. The molecule has 180 valence electrons. The number of ether oxygens (including phenoxy) is 1. The van der Waals surface area contributed by atoms with Crippen LogP contribution in [0.15, 0.2) is 47.8 Å². The lowest BCUT2D eigenvalue weighted by atomic mass is 10.0. The largest absolute Gasteiger partial charge is 0.480 e. The van der Waals surface area contributed by atoms with Crippen molar-refractivity contribution in [1.29, 1.82) is 0 Å². The highest BCUT2D eigenvalue weighted by Gasteiger charge is 2.36. The number of rotatable bonds is 10. The van der Waals surface area contributed by atoms with Crippen LogP contribution in [0, 0.1) is 0 Å². The van der Waals surface area contributed by atoms with E-state index in [1.807, 2.05) is 47.8 Å². The molecule has 3 rings (SSSR count). The number of carboxylic acids is 1. The number of thioether (sulfide) groups is 1. The fourth-order valence-corrected chi connectivity index (χ4v) is 5.89. The van der Waals surface area contributed by atoms with Crippen LogP contribution < -0.4 is 5.32 Å². The fourth-order valence-electron chi connectivity index (χ4n) is 3.63. The first-order valence-electron chi connectivity index (χ1n) is 10.6. The summed E-state index contributed by atoms with van der Waals surface area (Å²) in [5.74, 6) is -1.31. The highest BCUT2D eigenvalue weighted by atomic mass is 35.5. The van der Waals surface area contributed by atoms with Gasteiger partial charge >= 0.3 is 11.9 Å². The molecule has 2 aromatic rings. The maximum Gasteiger partial charge on any atom is 0.323 e. The smallest absolute Gasteiger partial charge is 0.323 e. The first-order valence-corrected chi connectivity index (χ1v) is 12.5. The van der Waals surface area contributed by atoms with Crippen molar-refractivity contribution in [3.05, 3.63) is 58.3 Å². The molecule has 1 amide bonds. The number of nitrogens with one attached hydrogen (secondary N) is 1. The van der Waals surface area contributed by atoms with E-state index in [0.29, 0.717) is 25.1 Å². The van der Waals surface area contributed by atoms with Gasteiger partial charge in [-0.2, -0.15) is 0 Å². The molecular weight excluding hydrogens is 484 g/mol. The Kier molecular flexibility index (Phi) is 11.2. The molecular formula is C23H29ClN2O5S2. The van der Waals surface area contributed by atoms with Gasteiger partial charge in [0.25, 0.3) is 0 Å². The number of aryl methyl sites for hydroxylation is 1. The summed E-state index contributed by atoms with van der Waals surface area (Å²) in [6.07, 6.45) is 1.13. The molecule has 2 N–H and O–H groups in total. The lowest BCUT2D eigenvalue weighted by Crippen LogP contribution is -2.53. The second-order valence-electron chi connectivity index (χ2n) is 7.50. The summed E-state index contributed by atoms with van der Waals surface area (Å²) < 4.78 is 5.25. The molecule has 0 radical (unpaired) electrons. The molecule has 1 aromatic heterocycles. The Morgan fingerprint density at radius 2 is 2.00 bits per heavy atom. The van der Waals surface area contributed by atoms with Gasteiger partial charge in [-0.3, -0.25) is 19.7 Å². The van der Waals surface area contributed by atoms with E-state index in [1.165, 1.54) is 4.90 Å². The number of hydrogen-bond donors (Lipinski definition) is 2. The monoisotopic (exact) mass is 512 g/mol. The molecule has 1 aliphatic heterocycles. The molecule has 0 bridgehead atoms. The predicted molar refractivity (Wildman–Crippen MR) is 133 cm³/mol. The van der Waals surface area contributed by atoms with E-state index in [2.05, 4.69) is 5.32 Å². The molecule has 33 heavy (non-hydrogen) atoms. The van der Waals surface area contributed by atoms with Crippen molar-refractivity contribution >= 4 is 53.4 Å². The highest BCUT2D eigenvalue weighted by Crippen LogP contribution is 2.35. The van der Waals surface area contributed by atoms with Gasteiger partial charge < -0.3 is 14.7 Å². The fraction of sp³-hybridized carbons (Fsp3) is 0.435. The van der Waals surface area contributed by atoms with Crippen LogP contribution in [-0.4, -0.2) is 65.4 Å². The highest BCUT2D eigenvalue weighted by molar-refractivity contribution is 7.99. The summed E-state index contributed by atoms with van der Waals surface area (Å²) in [7, 11) is 0. The number of esters is 1. The number of thiophene rings is 1. The number of carboxylic acid groups (broad SMARTS) is 1. The van der Waals surface area contributed by atoms with Gasteiger partial charge in [0.05, 0.1) is 17.9 Å². The van der Waals surface area contributed by atoms with Gasteiger partial charge in [-0.05, 0) is 36.8 Å². The van der Waals surface area contributed by atoms with E-state index >= 15 is 0 Å². The topological polar surface area (TPSA) is 95.9 Å². The normalized spacial score (nSPS) is 19.3. The number of aliphatic carboxylic acids is 1. The molecule has 0 spiro atoms. The maximum atomic E-state index is 13.2. The zero-order valence-corrected chi connectivity index (χ0v) is 20.8. The van der Waals surface area contributed by atoms with E-state index < -0.39 is 24.0 Å².